The minimum atomic E-state index is -0.356. The van der Waals surface area contributed by atoms with Crippen molar-refractivity contribution < 1.29 is 4.39 Å². The Morgan fingerprint density at radius 1 is 1.00 bits per heavy atom. The molecule has 0 amide bonds. The number of halogens is 3. The van der Waals surface area contributed by atoms with E-state index in [0.29, 0.717) is 27.2 Å². The summed E-state index contributed by atoms with van der Waals surface area (Å²) in [5.41, 5.74) is 1.15. The Hall–Kier alpha value is -2.44. The topological polar surface area (TPSA) is 62.7 Å². The average molecular weight is 350 g/mol. The monoisotopic (exact) mass is 349 g/mol. The van der Waals surface area contributed by atoms with Gasteiger partial charge in [0.15, 0.2) is 5.82 Å². The van der Waals surface area contributed by atoms with Crippen molar-refractivity contribution in [2.45, 2.75) is 0 Å². The first-order chi connectivity index (χ1) is 11.1. The number of hydrogen-bond acceptors (Lipinski definition) is 5. The molecule has 0 atom stereocenters. The first kappa shape index (κ1) is 15.5. The summed E-state index contributed by atoms with van der Waals surface area (Å²) in [5.74, 6) is 0.305. The molecular weight excluding hydrogens is 340 g/mol. The van der Waals surface area contributed by atoms with Gasteiger partial charge in [-0.05, 0) is 36.4 Å². The van der Waals surface area contributed by atoms with Crippen LogP contribution < -0.4 is 10.6 Å². The third-order valence-corrected chi connectivity index (χ3v) is 3.38. The van der Waals surface area contributed by atoms with Gasteiger partial charge in [-0.15, -0.1) is 5.10 Å². The lowest BCUT2D eigenvalue weighted by Crippen LogP contribution is -2.02. The molecular formula is C15H10Cl2FN5. The molecule has 0 aliphatic heterocycles. The molecule has 2 aromatic carbocycles. The number of hydrogen-bond donors (Lipinski definition) is 2. The fourth-order valence-corrected chi connectivity index (χ4v) is 2.30. The Bertz CT molecular complexity index is 844. The third kappa shape index (κ3) is 4.06. The Morgan fingerprint density at radius 3 is 2.65 bits per heavy atom. The molecule has 3 rings (SSSR count). The molecule has 0 aliphatic rings. The maximum Gasteiger partial charge on any atom is 0.249 e. The molecule has 0 aliphatic carbocycles. The first-order valence-electron chi connectivity index (χ1n) is 6.54. The molecule has 0 saturated heterocycles. The quantitative estimate of drug-likeness (QED) is 0.707. The minimum Gasteiger partial charge on any atom is -0.338 e. The normalized spacial score (nSPS) is 10.4. The fourth-order valence-electron chi connectivity index (χ4n) is 1.84. The molecule has 0 spiro atoms. The van der Waals surface area contributed by atoms with Crippen LogP contribution in [-0.2, 0) is 0 Å². The summed E-state index contributed by atoms with van der Waals surface area (Å²) in [4.78, 5) is 4.25. The van der Waals surface area contributed by atoms with Crippen LogP contribution in [-0.4, -0.2) is 15.2 Å². The van der Waals surface area contributed by atoms with Gasteiger partial charge in [0.05, 0.1) is 16.9 Å². The Kier molecular flexibility index (Phi) is 4.55. The zero-order valence-electron chi connectivity index (χ0n) is 11.6. The molecule has 0 saturated carbocycles. The van der Waals surface area contributed by atoms with E-state index in [9.17, 15) is 4.39 Å². The second kappa shape index (κ2) is 6.76. The van der Waals surface area contributed by atoms with Crippen molar-refractivity contribution >= 4 is 46.3 Å². The van der Waals surface area contributed by atoms with Gasteiger partial charge in [-0.2, -0.15) is 10.1 Å². The van der Waals surface area contributed by atoms with Gasteiger partial charge < -0.3 is 10.6 Å². The van der Waals surface area contributed by atoms with Crippen molar-refractivity contribution in [2.75, 3.05) is 10.6 Å². The van der Waals surface area contributed by atoms with E-state index in [-0.39, 0.29) is 11.8 Å². The van der Waals surface area contributed by atoms with E-state index >= 15 is 0 Å². The minimum absolute atomic E-state index is 0.227. The van der Waals surface area contributed by atoms with E-state index in [1.807, 2.05) is 0 Å². The summed E-state index contributed by atoms with van der Waals surface area (Å²) in [7, 11) is 0. The highest BCUT2D eigenvalue weighted by Crippen LogP contribution is 2.27. The van der Waals surface area contributed by atoms with Crippen molar-refractivity contribution in [2.24, 2.45) is 0 Å². The van der Waals surface area contributed by atoms with Crippen LogP contribution in [0.1, 0.15) is 0 Å². The molecule has 0 bridgehead atoms. The third-order valence-electron chi connectivity index (χ3n) is 2.83. The largest absolute Gasteiger partial charge is 0.338 e. The van der Waals surface area contributed by atoms with Crippen molar-refractivity contribution in [3.8, 4) is 0 Å². The second-order valence-corrected chi connectivity index (χ2v) is 5.39. The standard InChI is InChI=1S/C15H10Cl2FN5/c16-9-4-5-13(12(17)6-9)21-14-8-19-23-15(22-14)20-11-3-1-2-10(18)7-11/h1-8H,(H2,20,21,22,23). The highest BCUT2D eigenvalue weighted by Gasteiger charge is 2.05. The Labute approximate surface area is 141 Å². The van der Waals surface area contributed by atoms with Crippen LogP contribution in [0.2, 0.25) is 10.0 Å². The van der Waals surface area contributed by atoms with Crippen LogP contribution in [0.25, 0.3) is 0 Å². The Balaban J connectivity index is 1.79. The molecule has 1 heterocycles. The first-order valence-corrected chi connectivity index (χ1v) is 7.30. The lowest BCUT2D eigenvalue weighted by atomic mass is 10.3. The van der Waals surface area contributed by atoms with Gasteiger partial charge in [-0.3, -0.25) is 0 Å². The van der Waals surface area contributed by atoms with Crippen molar-refractivity contribution in [3.05, 3.63) is 64.5 Å². The van der Waals surface area contributed by atoms with Gasteiger partial charge in [0.25, 0.3) is 0 Å². The van der Waals surface area contributed by atoms with Crippen LogP contribution >= 0.6 is 23.2 Å². The maximum atomic E-state index is 13.2. The van der Waals surface area contributed by atoms with E-state index < -0.39 is 0 Å². The van der Waals surface area contributed by atoms with E-state index in [0.717, 1.165) is 0 Å². The van der Waals surface area contributed by atoms with Crippen molar-refractivity contribution in [1.29, 1.82) is 0 Å². The van der Waals surface area contributed by atoms with Crippen LogP contribution in [0.5, 0.6) is 0 Å². The van der Waals surface area contributed by atoms with Gasteiger partial charge in [0.1, 0.15) is 5.82 Å². The van der Waals surface area contributed by atoms with E-state index in [1.165, 1.54) is 18.3 Å². The van der Waals surface area contributed by atoms with E-state index in [4.69, 9.17) is 23.2 Å². The average Bonchev–Trinajstić information content (AvgIpc) is 2.51. The van der Waals surface area contributed by atoms with Gasteiger partial charge in [0.2, 0.25) is 5.95 Å². The number of aromatic nitrogens is 3. The zero-order chi connectivity index (χ0) is 16.2. The second-order valence-electron chi connectivity index (χ2n) is 4.55. The SMILES string of the molecule is Fc1cccc(Nc2nncc(Nc3ccc(Cl)cc3Cl)n2)c1. The number of nitrogens with zero attached hydrogens (tertiary/aromatic N) is 3. The number of rotatable bonds is 4. The van der Waals surface area contributed by atoms with Crippen LogP contribution in [0.3, 0.4) is 0 Å². The molecule has 116 valence electrons. The number of nitrogens with one attached hydrogen (secondary N) is 2. The van der Waals surface area contributed by atoms with Crippen LogP contribution in [0.15, 0.2) is 48.7 Å². The molecule has 2 N–H and O–H groups in total. The molecule has 0 fully saturated rings. The lowest BCUT2D eigenvalue weighted by Gasteiger charge is -2.09. The summed E-state index contributed by atoms with van der Waals surface area (Å²) in [6, 6.07) is 11.0. The highest BCUT2D eigenvalue weighted by atomic mass is 35.5. The smallest absolute Gasteiger partial charge is 0.249 e. The van der Waals surface area contributed by atoms with Gasteiger partial charge in [-0.25, -0.2) is 4.39 Å². The number of benzene rings is 2. The molecule has 3 aromatic rings. The highest BCUT2D eigenvalue weighted by molar-refractivity contribution is 6.36. The molecule has 23 heavy (non-hydrogen) atoms. The van der Waals surface area contributed by atoms with Crippen LogP contribution in [0.4, 0.5) is 27.5 Å². The summed E-state index contributed by atoms with van der Waals surface area (Å²) in [6.07, 6.45) is 1.45. The zero-order valence-corrected chi connectivity index (χ0v) is 13.1. The molecule has 1 aromatic heterocycles. The van der Waals surface area contributed by atoms with Gasteiger partial charge in [0, 0.05) is 10.7 Å². The van der Waals surface area contributed by atoms with Gasteiger partial charge in [-0.1, -0.05) is 29.3 Å². The van der Waals surface area contributed by atoms with E-state index in [2.05, 4.69) is 25.8 Å². The number of anilines is 4. The van der Waals surface area contributed by atoms with Gasteiger partial charge >= 0.3 is 0 Å². The Morgan fingerprint density at radius 2 is 1.87 bits per heavy atom. The molecule has 8 heteroatoms. The summed E-state index contributed by atoms with van der Waals surface area (Å²) in [6.45, 7) is 0. The molecule has 0 radical (unpaired) electrons. The summed E-state index contributed by atoms with van der Waals surface area (Å²) in [5, 5.41) is 14.6. The summed E-state index contributed by atoms with van der Waals surface area (Å²) < 4.78 is 13.2. The predicted octanol–water partition coefficient (Wildman–Crippen LogP) is 4.80. The fraction of sp³-hybridized carbons (Fsp3) is 0. The van der Waals surface area contributed by atoms with Crippen molar-refractivity contribution in [1.82, 2.24) is 15.2 Å². The maximum absolute atomic E-state index is 13.2. The van der Waals surface area contributed by atoms with Crippen LogP contribution in [0, 0.1) is 5.82 Å². The summed E-state index contributed by atoms with van der Waals surface area (Å²) >= 11 is 12.0. The molecule has 5 nitrogen and oxygen atoms in total. The van der Waals surface area contributed by atoms with E-state index in [1.54, 1.807) is 30.3 Å². The lowest BCUT2D eigenvalue weighted by molar-refractivity contribution is 0.628. The van der Waals surface area contributed by atoms with Crippen molar-refractivity contribution in [3.63, 3.8) is 0 Å². The predicted molar refractivity (Wildman–Crippen MR) is 89.3 cm³/mol. The molecule has 0 unspecified atom stereocenters.